The molecule has 2 aromatic carbocycles. The highest BCUT2D eigenvalue weighted by Crippen LogP contribution is 2.38. The Hall–Kier alpha value is -3.72. The lowest BCUT2D eigenvalue weighted by Gasteiger charge is -2.29. The molecule has 1 aromatic heterocycles. The number of carbonyl (C=O) groups is 1. The van der Waals surface area contributed by atoms with Crippen molar-refractivity contribution in [1.29, 1.82) is 0 Å². The van der Waals surface area contributed by atoms with E-state index in [0.717, 1.165) is 23.5 Å². The number of hydrazine groups is 2. The maximum atomic E-state index is 13.7. The third-order valence-corrected chi connectivity index (χ3v) is 4.61. The average molecular weight is 380 g/mol. The Morgan fingerprint density at radius 2 is 1.89 bits per heavy atom. The summed E-state index contributed by atoms with van der Waals surface area (Å²) in [6.07, 6.45) is 5.10. The van der Waals surface area contributed by atoms with Crippen LogP contribution >= 0.6 is 0 Å². The lowest BCUT2D eigenvalue weighted by atomic mass is 10.1. The number of para-hydroxylation sites is 2. The summed E-state index contributed by atoms with van der Waals surface area (Å²) in [5.74, 6) is -2.38. The van der Waals surface area contributed by atoms with E-state index in [9.17, 15) is 13.6 Å². The lowest BCUT2D eigenvalue weighted by molar-refractivity contribution is -0.114. The first-order valence-corrected chi connectivity index (χ1v) is 8.53. The molecule has 28 heavy (non-hydrogen) atoms. The molecule has 1 saturated heterocycles. The zero-order valence-electron chi connectivity index (χ0n) is 14.4. The highest BCUT2D eigenvalue weighted by molar-refractivity contribution is 6.12. The molecule has 0 aliphatic carbocycles. The number of allylic oxidation sites excluding steroid dienone is 1. The van der Waals surface area contributed by atoms with Crippen molar-refractivity contribution < 1.29 is 13.6 Å². The van der Waals surface area contributed by atoms with Crippen LogP contribution in [-0.4, -0.2) is 15.5 Å². The minimum Gasteiger partial charge on any atom is -0.354 e. The van der Waals surface area contributed by atoms with Gasteiger partial charge >= 0.3 is 0 Å². The van der Waals surface area contributed by atoms with Crippen molar-refractivity contribution in [3.8, 4) is 0 Å². The summed E-state index contributed by atoms with van der Waals surface area (Å²) >= 11 is 0. The number of nitrogens with one attached hydrogen (secondary N) is 2. The van der Waals surface area contributed by atoms with E-state index in [0.29, 0.717) is 17.9 Å². The van der Waals surface area contributed by atoms with Gasteiger partial charge in [0.2, 0.25) is 0 Å². The van der Waals surface area contributed by atoms with Crippen LogP contribution in [0.1, 0.15) is 0 Å². The van der Waals surface area contributed by atoms with Crippen molar-refractivity contribution in [1.82, 2.24) is 15.1 Å². The molecule has 7 nitrogen and oxygen atoms in total. The third kappa shape index (κ3) is 2.52. The molecule has 3 heterocycles. The van der Waals surface area contributed by atoms with E-state index in [1.165, 1.54) is 11.1 Å². The topological polar surface area (TPSA) is 65.4 Å². The molecule has 2 aliphatic rings. The summed E-state index contributed by atoms with van der Waals surface area (Å²) in [5, 5.41) is 6.13. The molecule has 0 spiro atoms. The molecule has 0 radical (unpaired) electrons. The molecule has 1 fully saturated rings. The van der Waals surface area contributed by atoms with Crippen LogP contribution in [0.4, 0.5) is 25.8 Å². The quantitative estimate of drug-likeness (QED) is 0.732. The van der Waals surface area contributed by atoms with Gasteiger partial charge in [-0.05, 0) is 24.3 Å². The van der Waals surface area contributed by atoms with E-state index >= 15 is 0 Å². The van der Waals surface area contributed by atoms with Crippen LogP contribution in [0.5, 0.6) is 0 Å². The Labute approximate surface area is 158 Å². The Balaban J connectivity index is 1.60. The second kappa shape index (κ2) is 6.17. The summed E-state index contributed by atoms with van der Waals surface area (Å²) in [6, 6.07) is 10.8. The summed E-state index contributed by atoms with van der Waals surface area (Å²) in [4.78, 5) is 17.2. The van der Waals surface area contributed by atoms with Crippen LogP contribution in [0.15, 0.2) is 72.6 Å². The van der Waals surface area contributed by atoms with Gasteiger partial charge in [0.1, 0.15) is 5.70 Å². The van der Waals surface area contributed by atoms with E-state index < -0.39 is 11.6 Å². The molecular formula is C19H14F2N6O. The van der Waals surface area contributed by atoms with Crippen molar-refractivity contribution in [3.05, 3.63) is 84.2 Å². The van der Waals surface area contributed by atoms with Crippen molar-refractivity contribution in [2.45, 2.75) is 6.54 Å². The Morgan fingerprint density at radius 1 is 1.04 bits per heavy atom. The normalized spacial score (nSPS) is 15.6. The van der Waals surface area contributed by atoms with Crippen molar-refractivity contribution >= 4 is 23.0 Å². The number of hydrogen-bond acceptors (Lipinski definition) is 5. The van der Waals surface area contributed by atoms with Gasteiger partial charge in [-0.1, -0.05) is 12.1 Å². The molecule has 140 valence electrons. The predicted octanol–water partition coefficient (Wildman–Crippen LogP) is 2.77. The minimum atomic E-state index is -1.02. The van der Waals surface area contributed by atoms with E-state index in [1.807, 2.05) is 28.8 Å². The Morgan fingerprint density at radius 3 is 2.68 bits per heavy atom. The van der Waals surface area contributed by atoms with E-state index in [4.69, 9.17) is 0 Å². The molecule has 0 bridgehead atoms. The summed E-state index contributed by atoms with van der Waals surface area (Å²) < 4.78 is 28.8. The van der Waals surface area contributed by atoms with Crippen LogP contribution in [0.2, 0.25) is 0 Å². The van der Waals surface area contributed by atoms with Crippen LogP contribution in [0.3, 0.4) is 0 Å². The maximum absolute atomic E-state index is 13.7. The van der Waals surface area contributed by atoms with Gasteiger partial charge in [-0.15, -0.1) is 5.53 Å². The molecular weight excluding hydrogens is 366 g/mol. The van der Waals surface area contributed by atoms with Gasteiger partial charge < -0.3 is 9.88 Å². The monoisotopic (exact) mass is 380 g/mol. The van der Waals surface area contributed by atoms with Crippen molar-refractivity contribution in [3.63, 3.8) is 0 Å². The SMILES string of the molecule is O=C1C2=C(Cn3ccnc3)Nc3ccccc3N2NN1c1ccc(F)c(F)c1. The van der Waals surface area contributed by atoms with Crippen molar-refractivity contribution in [2.75, 3.05) is 15.3 Å². The van der Waals surface area contributed by atoms with Gasteiger partial charge in [-0.3, -0.25) is 4.79 Å². The van der Waals surface area contributed by atoms with Gasteiger partial charge in [0.15, 0.2) is 11.6 Å². The van der Waals surface area contributed by atoms with Crippen LogP contribution in [0, 0.1) is 11.6 Å². The fourth-order valence-corrected chi connectivity index (χ4v) is 3.31. The van der Waals surface area contributed by atoms with Gasteiger partial charge in [-0.25, -0.2) is 23.8 Å². The Bertz CT molecular complexity index is 1110. The number of rotatable bonds is 3. The summed E-state index contributed by atoms with van der Waals surface area (Å²) in [6.45, 7) is 0.388. The van der Waals surface area contributed by atoms with Crippen molar-refractivity contribution in [2.24, 2.45) is 0 Å². The van der Waals surface area contributed by atoms with Gasteiger partial charge in [0.25, 0.3) is 5.91 Å². The number of halogens is 2. The highest BCUT2D eigenvalue weighted by Gasteiger charge is 2.40. The zero-order chi connectivity index (χ0) is 19.3. The number of hydrogen-bond donors (Lipinski definition) is 2. The van der Waals surface area contributed by atoms with Gasteiger partial charge in [0, 0.05) is 18.5 Å². The van der Waals surface area contributed by atoms with E-state index in [-0.39, 0.29) is 11.6 Å². The fourth-order valence-electron chi connectivity index (χ4n) is 3.31. The summed E-state index contributed by atoms with van der Waals surface area (Å²) in [7, 11) is 0. The van der Waals surface area contributed by atoms with E-state index in [2.05, 4.69) is 15.8 Å². The molecule has 1 amide bonds. The first-order valence-electron chi connectivity index (χ1n) is 8.53. The number of benzene rings is 2. The highest BCUT2D eigenvalue weighted by atomic mass is 19.2. The molecule has 5 rings (SSSR count). The average Bonchev–Trinajstić information content (AvgIpc) is 3.32. The van der Waals surface area contributed by atoms with Crippen LogP contribution in [-0.2, 0) is 11.3 Å². The first-order chi connectivity index (χ1) is 13.6. The number of amides is 1. The number of anilines is 3. The van der Waals surface area contributed by atoms with Gasteiger partial charge in [-0.2, -0.15) is 0 Å². The zero-order valence-corrected chi connectivity index (χ0v) is 14.4. The molecule has 2 aliphatic heterocycles. The minimum absolute atomic E-state index is 0.199. The van der Waals surface area contributed by atoms with E-state index in [1.54, 1.807) is 23.7 Å². The number of nitrogens with zero attached hydrogens (tertiary/aromatic N) is 4. The lowest BCUT2D eigenvalue weighted by Crippen LogP contribution is -2.41. The second-order valence-corrected chi connectivity index (χ2v) is 6.38. The standard InChI is InChI=1S/C19H14F2N6O/c20-13-6-5-12(9-14(13)21)26-19(28)18-16(10-25-8-7-22-11-25)23-15-3-1-2-4-17(15)27(18)24-26/h1-9,11,23-24H,10H2. The molecule has 0 atom stereocenters. The second-order valence-electron chi connectivity index (χ2n) is 6.38. The largest absolute Gasteiger partial charge is 0.354 e. The molecule has 0 saturated carbocycles. The fraction of sp³-hybridized carbons (Fsp3) is 0.0526. The molecule has 0 unspecified atom stereocenters. The smallest absolute Gasteiger partial charge is 0.294 e. The van der Waals surface area contributed by atoms with Crippen LogP contribution in [0.25, 0.3) is 0 Å². The Kier molecular flexibility index (Phi) is 3.63. The molecule has 9 heteroatoms. The van der Waals surface area contributed by atoms with Gasteiger partial charge in [0.05, 0.1) is 35.6 Å². The maximum Gasteiger partial charge on any atom is 0.294 e. The third-order valence-electron chi connectivity index (χ3n) is 4.61. The predicted molar refractivity (Wildman–Crippen MR) is 98.8 cm³/mol. The summed E-state index contributed by atoms with van der Waals surface area (Å²) in [5.41, 5.74) is 5.76. The number of fused-ring (bicyclic) bond motifs is 3. The first kappa shape index (κ1) is 16.5. The number of carbonyl (C=O) groups excluding carboxylic acids is 1. The number of aromatic nitrogens is 2. The number of imidazole rings is 1. The molecule has 2 N–H and O–H groups in total. The molecule has 3 aromatic rings. The van der Waals surface area contributed by atoms with Crippen LogP contribution < -0.4 is 20.9 Å².